The summed E-state index contributed by atoms with van der Waals surface area (Å²) in [5.74, 6) is 2.07. The van der Waals surface area contributed by atoms with Crippen LogP contribution in [0.15, 0.2) is 27.8 Å². The number of aliphatic imine (C=N–C) groups is 1. The highest BCUT2D eigenvalue weighted by atomic mass is 127. The van der Waals surface area contributed by atoms with Gasteiger partial charge in [-0.25, -0.2) is 0 Å². The number of rotatable bonds is 9. The Bertz CT molecular complexity index is 529. The van der Waals surface area contributed by atoms with Crippen molar-refractivity contribution in [1.29, 1.82) is 0 Å². The van der Waals surface area contributed by atoms with E-state index < -0.39 is 0 Å². The topological polar surface area (TPSA) is 81.9 Å². The molecule has 0 aliphatic heterocycles. The molecule has 1 aliphatic rings. The first-order valence-electron chi connectivity index (χ1n) is 8.61. The Labute approximate surface area is 167 Å². The SMILES string of the molecule is CCNC(=NCC(c1ccco1)N(C)C)NCCNC(=O)C1CC1.I. The van der Waals surface area contributed by atoms with Crippen molar-refractivity contribution in [2.75, 3.05) is 40.3 Å². The van der Waals surface area contributed by atoms with E-state index in [-0.39, 0.29) is 41.8 Å². The molecule has 3 N–H and O–H groups in total. The molecule has 25 heavy (non-hydrogen) atoms. The summed E-state index contributed by atoms with van der Waals surface area (Å²) in [5, 5.41) is 9.41. The highest BCUT2D eigenvalue weighted by Crippen LogP contribution is 2.28. The Balaban J connectivity index is 0.00000312. The zero-order chi connectivity index (χ0) is 17.4. The van der Waals surface area contributed by atoms with Gasteiger partial charge in [0.25, 0.3) is 0 Å². The summed E-state index contributed by atoms with van der Waals surface area (Å²) >= 11 is 0. The van der Waals surface area contributed by atoms with Gasteiger partial charge < -0.3 is 20.4 Å². The lowest BCUT2D eigenvalue weighted by atomic mass is 10.2. The zero-order valence-corrected chi connectivity index (χ0v) is 17.6. The number of hydrogen-bond donors (Lipinski definition) is 3. The molecule has 1 fully saturated rings. The highest BCUT2D eigenvalue weighted by Gasteiger charge is 2.28. The van der Waals surface area contributed by atoms with Crippen LogP contribution in [0.3, 0.4) is 0 Å². The second-order valence-corrected chi connectivity index (χ2v) is 6.21. The van der Waals surface area contributed by atoms with Gasteiger partial charge in [-0.15, -0.1) is 24.0 Å². The van der Waals surface area contributed by atoms with E-state index in [1.807, 2.05) is 33.2 Å². The van der Waals surface area contributed by atoms with Crippen molar-refractivity contribution in [3.05, 3.63) is 24.2 Å². The maximum atomic E-state index is 11.6. The van der Waals surface area contributed by atoms with Gasteiger partial charge >= 0.3 is 0 Å². The third-order valence-electron chi connectivity index (χ3n) is 3.93. The molecule has 8 heteroatoms. The van der Waals surface area contributed by atoms with E-state index in [0.29, 0.717) is 19.6 Å². The van der Waals surface area contributed by atoms with Crippen molar-refractivity contribution >= 4 is 35.8 Å². The van der Waals surface area contributed by atoms with Gasteiger partial charge in [-0.05, 0) is 46.0 Å². The first-order valence-corrected chi connectivity index (χ1v) is 8.61. The maximum Gasteiger partial charge on any atom is 0.223 e. The monoisotopic (exact) mass is 463 g/mol. The Kier molecular flexibility index (Phi) is 9.88. The van der Waals surface area contributed by atoms with E-state index in [9.17, 15) is 4.79 Å². The van der Waals surface area contributed by atoms with Gasteiger partial charge in [0.2, 0.25) is 5.91 Å². The predicted octanol–water partition coefficient (Wildman–Crippen LogP) is 1.58. The second kappa shape index (κ2) is 11.3. The number of likely N-dealkylation sites (N-methyl/N-ethyl adjacent to an activating group) is 1. The lowest BCUT2D eigenvalue weighted by Crippen LogP contribution is -2.42. The third-order valence-corrected chi connectivity index (χ3v) is 3.93. The van der Waals surface area contributed by atoms with Crippen LogP contribution in [0, 0.1) is 5.92 Å². The zero-order valence-electron chi connectivity index (χ0n) is 15.2. The van der Waals surface area contributed by atoms with Gasteiger partial charge in [-0.3, -0.25) is 14.7 Å². The molecule has 0 spiro atoms. The van der Waals surface area contributed by atoms with E-state index >= 15 is 0 Å². The molecule has 142 valence electrons. The third kappa shape index (κ3) is 7.64. The average molecular weight is 463 g/mol. The summed E-state index contributed by atoms with van der Waals surface area (Å²) < 4.78 is 5.50. The van der Waals surface area contributed by atoms with Crippen LogP contribution < -0.4 is 16.0 Å². The minimum absolute atomic E-state index is 0. The molecule has 1 aromatic rings. The molecule has 1 aromatic heterocycles. The predicted molar refractivity (Wildman–Crippen MR) is 110 cm³/mol. The number of nitrogens with one attached hydrogen (secondary N) is 3. The van der Waals surface area contributed by atoms with Crippen LogP contribution >= 0.6 is 24.0 Å². The van der Waals surface area contributed by atoms with Crippen molar-refractivity contribution in [3.8, 4) is 0 Å². The van der Waals surface area contributed by atoms with E-state index in [2.05, 4.69) is 25.8 Å². The van der Waals surface area contributed by atoms with Gasteiger partial charge in [-0.1, -0.05) is 0 Å². The minimum atomic E-state index is 0. The van der Waals surface area contributed by atoms with E-state index in [0.717, 1.165) is 31.1 Å². The summed E-state index contributed by atoms with van der Waals surface area (Å²) in [6, 6.07) is 3.94. The van der Waals surface area contributed by atoms with Crippen molar-refractivity contribution < 1.29 is 9.21 Å². The van der Waals surface area contributed by atoms with Crippen LogP contribution in [0.25, 0.3) is 0 Å². The molecule has 1 saturated carbocycles. The smallest absolute Gasteiger partial charge is 0.223 e. The summed E-state index contributed by atoms with van der Waals surface area (Å²) in [5.41, 5.74) is 0. The number of hydrogen-bond acceptors (Lipinski definition) is 4. The standard InChI is InChI=1S/C17H29N5O2.HI/c1-4-18-17(20-10-9-19-16(23)13-7-8-13)21-12-14(22(2)3)15-6-5-11-24-15;/h5-6,11,13-14H,4,7-10,12H2,1-3H3,(H,19,23)(H2,18,20,21);1H. The summed E-state index contributed by atoms with van der Waals surface area (Å²) in [6.07, 6.45) is 3.74. The van der Waals surface area contributed by atoms with Gasteiger partial charge in [-0.2, -0.15) is 0 Å². The van der Waals surface area contributed by atoms with Crippen molar-refractivity contribution in [2.45, 2.75) is 25.8 Å². The van der Waals surface area contributed by atoms with Crippen molar-refractivity contribution in [3.63, 3.8) is 0 Å². The quantitative estimate of drug-likeness (QED) is 0.224. The van der Waals surface area contributed by atoms with E-state index in [1.165, 1.54) is 0 Å². The highest BCUT2D eigenvalue weighted by molar-refractivity contribution is 14.0. The van der Waals surface area contributed by atoms with Crippen molar-refractivity contribution in [1.82, 2.24) is 20.9 Å². The number of halogens is 1. The Hall–Kier alpha value is -1.29. The normalized spacial score (nSPS) is 15.4. The van der Waals surface area contributed by atoms with Crippen LogP contribution in [0.5, 0.6) is 0 Å². The molecule has 1 heterocycles. The number of amides is 1. The Morgan fingerprint density at radius 3 is 2.60 bits per heavy atom. The molecule has 0 saturated heterocycles. The van der Waals surface area contributed by atoms with Crippen LogP contribution in [-0.2, 0) is 4.79 Å². The first kappa shape index (κ1) is 21.8. The molecule has 1 amide bonds. The Morgan fingerprint density at radius 1 is 1.32 bits per heavy atom. The molecule has 2 rings (SSSR count). The molecule has 1 aliphatic carbocycles. The molecule has 1 unspecified atom stereocenters. The fraction of sp³-hybridized carbons (Fsp3) is 0.647. The lowest BCUT2D eigenvalue weighted by molar-refractivity contribution is -0.122. The van der Waals surface area contributed by atoms with Gasteiger partial charge in [0.05, 0.1) is 18.8 Å². The first-order chi connectivity index (χ1) is 11.6. The lowest BCUT2D eigenvalue weighted by Gasteiger charge is -2.21. The van der Waals surface area contributed by atoms with Crippen LogP contribution in [0.1, 0.15) is 31.6 Å². The van der Waals surface area contributed by atoms with Crippen molar-refractivity contribution in [2.24, 2.45) is 10.9 Å². The van der Waals surface area contributed by atoms with Gasteiger partial charge in [0.1, 0.15) is 5.76 Å². The molecule has 0 bridgehead atoms. The van der Waals surface area contributed by atoms with E-state index in [1.54, 1.807) is 6.26 Å². The van der Waals surface area contributed by atoms with Crippen LogP contribution in [0.2, 0.25) is 0 Å². The summed E-state index contributed by atoms with van der Waals surface area (Å²) in [7, 11) is 4.02. The number of nitrogens with zero attached hydrogens (tertiary/aromatic N) is 2. The maximum absolute atomic E-state index is 11.6. The fourth-order valence-corrected chi connectivity index (χ4v) is 2.36. The van der Waals surface area contributed by atoms with Gasteiger partial charge in [0, 0.05) is 25.6 Å². The molecular formula is C17H30IN5O2. The molecular weight excluding hydrogens is 433 g/mol. The number of furan rings is 1. The molecule has 1 atom stereocenters. The van der Waals surface area contributed by atoms with Crippen LogP contribution in [0.4, 0.5) is 0 Å². The van der Waals surface area contributed by atoms with Gasteiger partial charge in [0.15, 0.2) is 5.96 Å². The molecule has 7 nitrogen and oxygen atoms in total. The molecule has 0 aromatic carbocycles. The summed E-state index contributed by atoms with van der Waals surface area (Å²) in [4.78, 5) is 18.3. The number of carbonyl (C=O) groups excluding carboxylic acids is 1. The number of carbonyl (C=O) groups is 1. The fourth-order valence-electron chi connectivity index (χ4n) is 2.36. The second-order valence-electron chi connectivity index (χ2n) is 6.21. The molecule has 0 radical (unpaired) electrons. The number of guanidine groups is 1. The summed E-state index contributed by atoms with van der Waals surface area (Å²) in [6.45, 7) is 4.66. The average Bonchev–Trinajstić information content (AvgIpc) is 3.27. The Morgan fingerprint density at radius 2 is 2.04 bits per heavy atom. The largest absolute Gasteiger partial charge is 0.468 e. The van der Waals surface area contributed by atoms with Crippen LogP contribution in [-0.4, -0.2) is 57.0 Å². The van der Waals surface area contributed by atoms with E-state index in [4.69, 9.17) is 4.42 Å². The minimum Gasteiger partial charge on any atom is -0.468 e.